The highest BCUT2D eigenvalue weighted by Crippen LogP contribution is 2.43. The molecule has 34 heavy (non-hydrogen) atoms. The first-order valence-corrected chi connectivity index (χ1v) is 12.3. The van der Waals surface area contributed by atoms with Gasteiger partial charge in [-0.25, -0.2) is 0 Å². The summed E-state index contributed by atoms with van der Waals surface area (Å²) in [6, 6.07) is 28.4. The number of thiol groups is 1. The van der Waals surface area contributed by atoms with Gasteiger partial charge in [-0.15, -0.1) is 0 Å². The Morgan fingerprint density at radius 1 is 0.706 bits per heavy atom. The van der Waals surface area contributed by atoms with Crippen molar-refractivity contribution in [1.82, 2.24) is 4.57 Å². The molecule has 6 aromatic rings. The first-order chi connectivity index (χ1) is 16.1. The molecule has 0 radical (unpaired) electrons. The minimum Gasteiger partial charge on any atom is -0.456 e. The molecule has 0 aliphatic carbocycles. The molecule has 2 aromatic heterocycles. The maximum atomic E-state index is 6.65. The molecule has 0 saturated heterocycles. The Morgan fingerprint density at radius 2 is 1.32 bits per heavy atom. The van der Waals surface area contributed by atoms with Gasteiger partial charge in [0.05, 0.1) is 22.1 Å². The van der Waals surface area contributed by atoms with E-state index in [0.717, 1.165) is 33.2 Å². The van der Waals surface area contributed by atoms with Crippen molar-refractivity contribution in [1.29, 1.82) is 0 Å². The van der Waals surface area contributed by atoms with E-state index >= 15 is 0 Å². The smallest absolute Gasteiger partial charge is 0.142 e. The first kappa shape index (κ1) is 21.4. The molecule has 0 fully saturated rings. The third-order valence-electron chi connectivity index (χ3n) is 6.94. The maximum Gasteiger partial charge on any atom is 0.142 e. The van der Waals surface area contributed by atoms with Gasteiger partial charge in [0.25, 0.3) is 0 Å². The molecule has 0 N–H and O–H groups in total. The van der Waals surface area contributed by atoms with Crippen LogP contribution in [0.5, 0.6) is 0 Å². The molecule has 2 nitrogen and oxygen atoms in total. The molecule has 0 amide bonds. The van der Waals surface area contributed by atoms with Gasteiger partial charge in [-0.05, 0) is 49.1 Å². The van der Waals surface area contributed by atoms with E-state index in [2.05, 4.69) is 118 Å². The van der Waals surface area contributed by atoms with Crippen molar-refractivity contribution < 1.29 is 4.42 Å². The molecule has 170 valence electrons. The van der Waals surface area contributed by atoms with Crippen LogP contribution in [0.1, 0.15) is 45.7 Å². The van der Waals surface area contributed by atoms with Crippen molar-refractivity contribution in [2.45, 2.75) is 44.8 Å². The van der Waals surface area contributed by atoms with Crippen molar-refractivity contribution in [2.24, 2.45) is 0 Å². The van der Waals surface area contributed by atoms with E-state index in [9.17, 15) is 0 Å². The molecule has 0 spiro atoms. The van der Waals surface area contributed by atoms with Crippen molar-refractivity contribution in [3.63, 3.8) is 0 Å². The number of benzene rings is 4. The molecule has 6 rings (SSSR count). The van der Waals surface area contributed by atoms with Gasteiger partial charge in [-0.2, -0.15) is 12.6 Å². The molecule has 0 bridgehead atoms. The summed E-state index contributed by atoms with van der Waals surface area (Å²) in [6.45, 7) is 11.0. The van der Waals surface area contributed by atoms with Crippen LogP contribution in [0.4, 0.5) is 0 Å². The average molecular weight is 464 g/mol. The Bertz CT molecular complexity index is 1670. The second-order valence-electron chi connectivity index (χ2n) is 10.8. The molecule has 0 atom stereocenters. The summed E-state index contributed by atoms with van der Waals surface area (Å²) in [5, 5.41) is 4.79. The highest BCUT2D eigenvalue weighted by atomic mass is 32.1. The van der Waals surface area contributed by atoms with E-state index in [1.165, 1.54) is 27.4 Å². The van der Waals surface area contributed by atoms with Crippen LogP contribution in [0.3, 0.4) is 0 Å². The SMILES string of the molecule is CC(C)(C)c1ccc2c(c1)oc1c(C(C)(C)S)ccc(-n3c4ccccc4c4ccccc43)c12. The summed E-state index contributed by atoms with van der Waals surface area (Å²) < 4.78 is 8.70. The lowest BCUT2D eigenvalue weighted by molar-refractivity contribution is 0.587. The number of rotatable bonds is 2. The number of para-hydroxylation sites is 2. The maximum absolute atomic E-state index is 6.65. The molecule has 2 heterocycles. The lowest BCUT2D eigenvalue weighted by atomic mass is 9.86. The predicted octanol–water partition coefficient (Wildman–Crippen LogP) is 9.15. The highest BCUT2D eigenvalue weighted by molar-refractivity contribution is 7.81. The summed E-state index contributed by atoms with van der Waals surface area (Å²) >= 11 is 4.93. The number of fused-ring (bicyclic) bond motifs is 6. The van der Waals surface area contributed by atoms with Crippen molar-refractivity contribution in [2.75, 3.05) is 0 Å². The van der Waals surface area contributed by atoms with Gasteiger partial charge in [0.2, 0.25) is 0 Å². The number of furan rings is 1. The summed E-state index contributed by atoms with van der Waals surface area (Å²) in [5.41, 5.74) is 7.79. The molecule has 0 aliphatic heterocycles. The Morgan fingerprint density at radius 3 is 1.91 bits per heavy atom. The Balaban J connectivity index is 1.80. The summed E-state index contributed by atoms with van der Waals surface area (Å²) in [4.78, 5) is 0. The van der Waals surface area contributed by atoms with Crippen LogP contribution in [-0.2, 0) is 10.2 Å². The molecule has 0 unspecified atom stereocenters. The zero-order chi connectivity index (χ0) is 23.8. The summed E-state index contributed by atoms with van der Waals surface area (Å²) in [7, 11) is 0. The van der Waals surface area contributed by atoms with E-state index in [1.807, 2.05) is 0 Å². The van der Waals surface area contributed by atoms with E-state index in [0.29, 0.717) is 0 Å². The van der Waals surface area contributed by atoms with Gasteiger partial charge in [0.15, 0.2) is 0 Å². The minimum atomic E-state index is -0.335. The van der Waals surface area contributed by atoms with Gasteiger partial charge in [0, 0.05) is 26.5 Å². The molecule has 3 heteroatoms. The molecule has 0 aliphatic rings. The Labute approximate surface area is 205 Å². The average Bonchev–Trinajstić information content (AvgIpc) is 3.33. The minimum absolute atomic E-state index is 0.0501. The molecular formula is C31H29NOS. The Kier molecular flexibility index (Phi) is 4.50. The monoisotopic (exact) mass is 463 g/mol. The molecular weight excluding hydrogens is 434 g/mol. The third-order valence-corrected chi connectivity index (χ3v) is 7.19. The van der Waals surface area contributed by atoms with Crippen molar-refractivity contribution in [3.8, 4) is 5.69 Å². The van der Waals surface area contributed by atoms with Crippen LogP contribution in [0.15, 0.2) is 83.3 Å². The fourth-order valence-corrected chi connectivity index (χ4v) is 5.35. The Hall–Kier alpha value is -3.17. The lowest BCUT2D eigenvalue weighted by Crippen LogP contribution is -2.10. The van der Waals surface area contributed by atoms with Crippen LogP contribution in [-0.4, -0.2) is 4.57 Å². The van der Waals surface area contributed by atoms with E-state index < -0.39 is 0 Å². The largest absolute Gasteiger partial charge is 0.456 e. The van der Waals surface area contributed by atoms with Gasteiger partial charge in [-0.3, -0.25) is 0 Å². The van der Waals surface area contributed by atoms with Gasteiger partial charge in [-0.1, -0.05) is 75.4 Å². The van der Waals surface area contributed by atoms with Gasteiger partial charge >= 0.3 is 0 Å². The summed E-state index contributed by atoms with van der Waals surface area (Å²) in [5.74, 6) is 0. The number of nitrogens with zero attached hydrogens (tertiary/aromatic N) is 1. The topological polar surface area (TPSA) is 18.1 Å². The number of aromatic nitrogens is 1. The van der Waals surface area contributed by atoms with Crippen molar-refractivity contribution >= 4 is 56.4 Å². The third kappa shape index (κ3) is 3.10. The number of hydrogen-bond donors (Lipinski definition) is 1. The van der Waals surface area contributed by atoms with Crippen LogP contribution < -0.4 is 0 Å². The lowest BCUT2D eigenvalue weighted by Gasteiger charge is -2.20. The van der Waals surface area contributed by atoms with Crippen LogP contribution >= 0.6 is 12.6 Å². The van der Waals surface area contributed by atoms with Crippen molar-refractivity contribution in [3.05, 3.63) is 90.0 Å². The molecule has 0 saturated carbocycles. The van der Waals surface area contributed by atoms with E-state index in [-0.39, 0.29) is 10.2 Å². The quantitative estimate of drug-likeness (QED) is 0.253. The second kappa shape index (κ2) is 7.16. The van der Waals surface area contributed by atoms with Gasteiger partial charge in [0.1, 0.15) is 11.2 Å². The standard InChI is InChI=1S/C31H29NOS/c1-30(2,3)19-14-15-22-27(18-19)33-29-23(31(4,5)34)16-17-26(28(22)29)32-24-12-8-6-10-20(24)21-11-7-9-13-25(21)32/h6-18,34H,1-5H3. The second-order valence-corrected chi connectivity index (χ2v) is 11.9. The van der Waals surface area contributed by atoms with E-state index in [4.69, 9.17) is 17.0 Å². The highest BCUT2D eigenvalue weighted by Gasteiger charge is 2.26. The summed E-state index contributed by atoms with van der Waals surface area (Å²) in [6.07, 6.45) is 0. The number of hydrogen-bond acceptors (Lipinski definition) is 2. The zero-order valence-electron chi connectivity index (χ0n) is 20.3. The zero-order valence-corrected chi connectivity index (χ0v) is 21.2. The van der Waals surface area contributed by atoms with Crippen LogP contribution in [0.25, 0.3) is 49.4 Å². The fraction of sp³-hybridized carbons (Fsp3) is 0.226. The normalized spacial score (nSPS) is 13.0. The first-order valence-electron chi connectivity index (χ1n) is 11.9. The van der Waals surface area contributed by atoms with E-state index in [1.54, 1.807) is 0 Å². The van der Waals surface area contributed by atoms with Crippen LogP contribution in [0, 0.1) is 0 Å². The fourth-order valence-electron chi connectivity index (χ4n) is 5.18. The van der Waals surface area contributed by atoms with Gasteiger partial charge < -0.3 is 8.98 Å². The van der Waals surface area contributed by atoms with Crippen LogP contribution in [0.2, 0.25) is 0 Å². The predicted molar refractivity (Wildman–Crippen MR) is 149 cm³/mol. The molecule has 4 aromatic carbocycles.